The number of amides is 1. The normalized spacial score (nSPS) is 12.0. The van der Waals surface area contributed by atoms with Gasteiger partial charge in [-0.3, -0.25) is 4.79 Å². The van der Waals surface area contributed by atoms with E-state index in [4.69, 9.17) is 4.74 Å². The molecule has 1 rings (SSSR count). The Bertz CT molecular complexity index is 410. The molecule has 0 aliphatic carbocycles. The number of nitrogens with one attached hydrogen (secondary N) is 2. The van der Waals surface area contributed by atoms with Crippen LogP contribution in [0.2, 0.25) is 0 Å². The van der Waals surface area contributed by atoms with Gasteiger partial charge in [-0.1, -0.05) is 15.9 Å². The van der Waals surface area contributed by atoms with Crippen LogP contribution in [-0.2, 0) is 11.2 Å². The highest BCUT2D eigenvalue weighted by molar-refractivity contribution is 9.10. The van der Waals surface area contributed by atoms with Gasteiger partial charge >= 0.3 is 0 Å². The summed E-state index contributed by atoms with van der Waals surface area (Å²) in [5, 5.41) is 5.95. The predicted octanol–water partition coefficient (Wildman–Crippen LogP) is 1.72. The molecular formula is C13H19BrN2O2. The predicted molar refractivity (Wildman–Crippen MR) is 75.9 cm³/mol. The van der Waals surface area contributed by atoms with Crippen molar-refractivity contribution >= 4 is 21.8 Å². The van der Waals surface area contributed by atoms with Crippen molar-refractivity contribution in [1.29, 1.82) is 0 Å². The van der Waals surface area contributed by atoms with Crippen LogP contribution >= 0.6 is 15.9 Å². The van der Waals surface area contributed by atoms with Gasteiger partial charge in [0.25, 0.3) is 0 Å². The highest BCUT2D eigenvalue weighted by Crippen LogP contribution is 2.23. The van der Waals surface area contributed by atoms with Crippen LogP contribution in [0.25, 0.3) is 0 Å². The molecule has 1 atom stereocenters. The minimum Gasteiger partial charge on any atom is -0.496 e. The lowest BCUT2D eigenvalue weighted by molar-refractivity contribution is -0.120. The first kappa shape index (κ1) is 15.0. The molecule has 1 aromatic rings. The van der Waals surface area contributed by atoms with Crippen molar-refractivity contribution in [3.05, 3.63) is 28.2 Å². The summed E-state index contributed by atoms with van der Waals surface area (Å²) in [4.78, 5) is 11.8. The summed E-state index contributed by atoms with van der Waals surface area (Å²) >= 11 is 3.39. The van der Waals surface area contributed by atoms with Crippen LogP contribution < -0.4 is 15.4 Å². The first-order valence-electron chi connectivity index (χ1n) is 5.83. The zero-order valence-corrected chi connectivity index (χ0v) is 12.5. The van der Waals surface area contributed by atoms with E-state index in [9.17, 15) is 4.79 Å². The van der Waals surface area contributed by atoms with Crippen LogP contribution in [0.3, 0.4) is 0 Å². The summed E-state index contributed by atoms with van der Waals surface area (Å²) < 4.78 is 6.17. The number of benzene rings is 1. The summed E-state index contributed by atoms with van der Waals surface area (Å²) in [7, 11) is 3.47. The van der Waals surface area contributed by atoms with E-state index in [1.165, 1.54) is 0 Å². The topological polar surface area (TPSA) is 50.4 Å². The van der Waals surface area contributed by atoms with Gasteiger partial charge in [-0.25, -0.2) is 0 Å². The third-order valence-corrected chi connectivity index (χ3v) is 3.18. The Balaban J connectivity index is 2.61. The zero-order valence-electron chi connectivity index (χ0n) is 10.9. The fraction of sp³-hybridized carbons (Fsp3) is 0.462. The highest BCUT2D eigenvalue weighted by Gasteiger charge is 2.10. The number of halogens is 1. The van der Waals surface area contributed by atoms with E-state index in [1.54, 1.807) is 7.11 Å². The maximum Gasteiger partial charge on any atom is 0.224 e. The number of likely N-dealkylation sites (N-methyl/N-ethyl adjacent to an activating group) is 1. The molecule has 4 nitrogen and oxygen atoms in total. The second-order valence-corrected chi connectivity index (χ2v) is 5.04. The lowest BCUT2D eigenvalue weighted by Gasteiger charge is -2.12. The number of carbonyl (C=O) groups is 1. The number of rotatable bonds is 6. The van der Waals surface area contributed by atoms with Gasteiger partial charge in [0, 0.05) is 22.6 Å². The highest BCUT2D eigenvalue weighted by atomic mass is 79.9. The minimum atomic E-state index is -0.00602. The molecule has 0 fully saturated rings. The summed E-state index contributed by atoms with van der Waals surface area (Å²) in [5.41, 5.74) is 0.876. The molecule has 0 aliphatic heterocycles. The molecule has 0 heterocycles. The third kappa shape index (κ3) is 4.66. The fourth-order valence-electron chi connectivity index (χ4n) is 1.49. The molecule has 2 N–H and O–H groups in total. The second kappa shape index (κ2) is 7.38. The number of hydrogen-bond donors (Lipinski definition) is 2. The van der Waals surface area contributed by atoms with Crippen LogP contribution in [0, 0.1) is 0 Å². The largest absolute Gasteiger partial charge is 0.496 e. The first-order chi connectivity index (χ1) is 8.56. The van der Waals surface area contributed by atoms with Gasteiger partial charge in [0.1, 0.15) is 5.75 Å². The van der Waals surface area contributed by atoms with Crippen molar-refractivity contribution in [3.8, 4) is 5.75 Å². The monoisotopic (exact) mass is 314 g/mol. The first-order valence-corrected chi connectivity index (χ1v) is 6.62. The van der Waals surface area contributed by atoms with Crippen LogP contribution in [0.5, 0.6) is 5.75 Å². The molecular weight excluding hydrogens is 296 g/mol. The molecule has 18 heavy (non-hydrogen) atoms. The molecule has 0 saturated carbocycles. The van der Waals surface area contributed by atoms with Gasteiger partial charge in [0.2, 0.25) is 5.91 Å². The lowest BCUT2D eigenvalue weighted by atomic mass is 10.1. The Kier molecular flexibility index (Phi) is 6.15. The average molecular weight is 315 g/mol. The zero-order chi connectivity index (χ0) is 13.5. The summed E-state index contributed by atoms with van der Waals surface area (Å²) in [6, 6.07) is 5.91. The number of hydrogen-bond acceptors (Lipinski definition) is 3. The Morgan fingerprint density at radius 3 is 2.83 bits per heavy atom. The van der Waals surface area contributed by atoms with Gasteiger partial charge in [-0.05, 0) is 32.2 Å². The number of ether oxygens (including phenoxy) is 1. The van der Waals surface area contributed by atoms with E-state index in [0.29, 0.717) is 13.0 Å². The number of methoxy groups -OCH3 is 1. The van der Waals surface area contributed by atoms with Crippen LogP contribution in [0.4, 0.5) is 0 Å². The van der Waals surface area contributed by atoms with E-state index in [0.717, 1.165) is 15.8 Å². The van der Waals surface area contributed by atoms with Crippen LogP contribution in [0.15, 0.2) is 22.7 Å². The standard InChI is InChI=1S/C13H19BrN2O2/c1-9(15-2)8-16-13(17)7-10-6-11(14)4-5-12(10)18-3/h4-6,9,15H,7-8H2,1-3H3,(H,16,17). The summed E-state index contributed by atoms with van der Waals surface area (Å²) in [6.07, 6.45) is 0.318. The van der Waals surface area contributed by atoms with Gasteiger partial charge in [0.15, 0.2) is 0 Å². The van der Waals surface area contributed by atoms with Gasteiger partial charge in [-0.2, -0.15) is 0 Å². The molecule has 5 heteroatoms. The van der Waals surface area contributed by atoms with Gasteiger partial charge in [-0.15, -0.1) is 0 Å². The lowest BCUT2D eigenvalue weighted by Crippen LogP contribution is -2.37. The molecule has 0 saturated heterocycles. The van der Waals surface area contributed by atoms with Crippen LogP contribution in [-0.4, -0.2) is 32.7 Å². The quantitative estimate of drug-likeness (QED) is 0.840. The number of carbonyl (C=O) groups excluding carboxylic acids is 1. The van der Waals surface area contributed by atoms with Crippen LogP contribution in [0.1, 0.15) is 12.5 Å². The smallest absolute Gasteiger partial charge is 0.224 e. The molecule has 0 aromatic heterocycles. The fourth-order valence-corrected chi connectivity index (χ4v) is 1.90. The van der Waals surface area contributed by atoms with E-state index >= 15 is 0 Å². The molecule has 100 valence electrons. The van der Waals surface area contributed by atoms with E-state index in [2.05, 4.69) is 26.6 Å². The summed E-state index contributed by atoms with van der Waals surface area (Å²) in [5.74, 6) is 0.725. The molecule has 0 radical (unpaired) electrons. The molecule has 0 spiro atoms. The SMILES string of the molecule is CNC(C)CNC(=O)Cc1cc(Br)ccc1OC. The average Bonchev–Trinajstić information content (AvgIpc) is 2.36. The Hall–Kier alpha value is -1.07. The third-order valence-electron chi connectivity index (χ3n) is 2.69. The van der Waals surface area contributed by atoms with Crippen molar-refractivity contribution < 1.29 is 9.53 Å². The van der Waals surface area contributed by atoms with E-state index in [1.807, 2.05) is 32.2 Å². The minimum absolute atomic E-state index is 0.00602. The van der Waals surface area contributed by atoms with Gasteiger partial charge in [0.05, 0.1) is 13.5 Å². The maximum absolute atomic E-state index is 11.8. The van der Waals surface area contributed by atoms with Crippen molar-refractivity contribution in [3.63, 3.8) is 0 Å². The van der Waals surface area contributed by atoms with E-state index < -0.39 is 0 Å². The Morgan fingerprint density at radius 2 is 2.22 bits per heavy atom. The van der Waals surface area contributed by atoms with Crippen molar-refractivity contribution in [2.24, 2.45) is 0 Å². The van der Waals surface area contributed by atoms with Crippen molar-refractivity contribution in [2.75, 3.05) is 20.7 Å². The van der Waals surface area contributed by atoms with E-state index in [-0.39, 0.29) is 11.9 Å². The Morgan fingerprint density at radius 1 is 1.50 bits per heavy atom. The molecule has 0 aliphatic rings. The van der Waals surface area contributed by atoms with Crippen molar-refractivity contribution in [1.82, 2.24) is 10.6 Å². The molecule has 0 bridgehead atoms. The second-order valence-electron chi connectivity index (χ2n) is 4.13. The summed E-state index contributed by atoms with van der Waals surface area (Å²) in [6.45, 7) is 2.63. The molecule has 1 aromatic carbocycles. The van der Waals surface area contributed by atoms with Gasteiger partial charge < -0.3 is 15.4 Å². The maximum atomic E-state index is 11.8. The van der Waals surface area contributed by atoms with Crippen molar-refractivity contribution in [2.45, 2.75) is 19.4 Å². The molecule has 1 amide bonds. The Labute approximate surface area is 116 Å². The molecule has 1 unspecified atom stereocenters.